The van der Waals surface area contributed by atoms with Crippen LogP contribution in [0.2, 0.25) is 0 Å². The fourth-order valence-corrected chi connectivity index (χ4v) is 2.25. The third kappa shape index (κ3) is 4.21. The summed E-state index contributed by atoms with van der Waals surface area (Å²) in [5, 5.41) is 6.54. The van der Waals surface area contributed by atoms with Crippen molar-refractivity contribution < 1.29 is 4.74 Å². The first-order chi connectivity index (χ1) is 10.8. The first-order valence-corrected chi connectivity index (χ1v) is 7.67. The highest BCUT2D eigenvalue weighted by atomic mass is 16.5. The molecular formula is C16H25N5O. The Morgan fingerprint density at radius 1 is 1.32 bits per heavy atom. The number of ether oxygens (including phenoxy) is 1. The van der Waals surface area contributed by atoms with Gasteiger partial charge in [0, 0.05) is 33.9 Å². The van der Waals surface area contributed by atoms with Gasteiger partial charge < -0.3 is 19.9 Å². The molecule has 0 saturated heterocycles. The lowest BCUT2D eigenvalue weighted by molar-refractivity contribution is 0.195. The molecular weight excluding hydrogens is 278 g/mol. The Labute approximate surface area is 131 Å². The number of aromatic nitrogens is 2. The van der Waals surface area contributed by atoms with Crippen molar-refractivity contribution in [3.8, 4) is 0 Å². The first kappa shape index (κ1) is 16.3. The third-order valence-corrected chi connectivity index (χ3v) is 3.42. The van der Waals surface area contributed by atoms with Gasteiger partial charge in [-0.3, -0.25) is 0 Å². The van der Waals surface area contributed by atoms with Gasteiger partial charge in [0.25, 0.3) is 0 Å². The number of guanidine groups is 1. The van der Waals surface area contributed by atoms with Gasteiger partial charge in [-0.25, -0.2) is 9.98 Å². The summed E-state index contributed by atoms with van der Waals surface area (Å²) in [6.07, 6.45) is 0.952. The number of para-hydroxylation sites is 2. The van der Waals surface area contributed by atoms with Gasteiger partial charge in [-0.05, 0) is 25.5 Å². The monoisotopic (exact) mass is 303 g/mol. The van der Waals surface area contributed by atoms with Crippen LogP contribution < -0.4 is 10.6 Å². The maximum atomic E-state index is 5.05. The van der Waals surface area contributed by atoms with E-state index in [1.54, 1.807) is 7.11 Å². The zero-order chi connectivity index (χ0) is 15.8. The van der Waals surface area contributed by atoms with E-state index < -0.39 is 0 Å². The van der Waals surface area contributed by atoms with Crippen LogP contribution in [-0.2, 0) is 18.3 Å². The molecule has 120 valence electrons. The highest BCUT2D eigenvalue weighted by Crippen LogP contribution is 2.14. The molecule has 6 nitrogen and oxygen atoms in total. The number of nitrogens with one attached hydrogen (secondary N) is 2. The summed E-state index contributed by atoms with van der Waals surface area (Å²) in [6, 6.07) is 8.13. The third-order valence-electron chi connectivity index (χ3n) is 3.42. The maximum absolute atomic E-state index is 5.05. The van der Waals surface area contributed by atoms with Crippen molar-refractivity contribution in [1.82, 2.24) is 20.2 Å². The van der Waals surface area contributed by atoms with Crippen LogP contribution in [0.4, 0.5) is 0 Å². The molecule has 1 heterocycles. The Morgan fingerprint density at radius 3 is 2.86 bits per heavy atom. The number of imidazole rings is 1. The second kappa shape index (κ2) is 8.38. The molecule has 2 aromatic rings. The molecule has 0 atom stereocenters. The van der Waals surface area contributed by atoms with E-state index in [1.165, 1.54) is 0 Å². The summed E-state index contributed by atoms with van der Waals surface area (Å²) < 4.78 is 7.14. The van der Waals surface area contributed by atoms with Crippen molar-refractivity contribution in [1.29, 1.82) is 0 Å². The van der Waals surface area contributed by atoms with Gasteiger partial charge in [0.15, 0.2) is 5.96 Å². The topological polar surface area (TPSA) is 63.5 Å². The van der Waals surface area contributed by atoms with Crippen LogP contribution in [0, 0.1) is 0 Å². The average molecular weight is 303 g/mol. The van der Waals surface area contributed by atoms with E-state index in [-0.39, 0.29) is 0 Å². The van der Waals surface area contributed by atoms with E-state index in [0.29, 0.717) is 6.54 Å². The number of hydrogen-bond donors (Lipinski definition) is 2. The molecule has 0 aliphatic carbocycles. The molecule has 0 aliphatic heterocycles. The van der Waals surface area contributed by atoms with E-state index in [1.807, 2.05) is 25.2 Å². The van der Waals surface area contributed by atoms with Crippen molar-refractivity contribution in [2.24, 2.45) is 12.0 Å². The standard InChI is InChI=1S/C16H25N5O/c1-4-17-16(18-10-7-11-22-3)19-12-15-20-13-8-5-6-9-14(13)21(15)2/h5-6,8-9H,4,7,10-12H2,1-3H3,(H2,17,18,19). The van der Waals surface area contributed by atoms with E-state index in [4.69, 9.17) is 4.74 Å². The Hall–Kier alpha value is -2.08. The fraction of sp³-hybridized carbons (Fsp3) is 0.500. The van der Waals surface area contributed by atoms with Crippen molar-refractivity contribution in [2.45, 2.75) is 19.9 Å². The summed E-state index contributed by atoms with van der Waals surface area (Å²) in [5.74, 6) is 1.76. The number of aliphatic imine (C=N–C) groups is 1. The predicted molar refractivity (Wildman–Crippen MR) is 90.0 cm³/mol. The maximum Gasteiger partial charge on any atom is 0.191 e. The lowest BCUT2D eigenvalue weighted by atomic mass is 10.3. The first-order valence-electron chi connectivity index (χ1n) is 7.67. The second-order valence-corrected chi connectivity index (χ2v) is 5.04. The Kier molecular flexibility index (Phi) is 6.21. The quantitative estimate of drug-likeness (QED) is 0.464. The minimum Gasteiger partial charge on any atom is -0.385 e. The molecule has 0 radical (unpaired) electrons. The predicted octanol–water partition coefficient (Wildman–Crippen LogP) is 1.66. The minimum absolute atomic E-state index is 0.546. The minimum atomic E-state index is 0.546. The van der Waals surface area contributed by atoms with Crippen molar-refractivity contribution in [3.05, 3.63) is 30.1 Å². The summed E-state index contributed by atoms with van der Waals surface area (Å²) in [7, 11) is 3.74. The van der Waals surface area contributed by atoms with Gasteiger partial charge in [0.1, 0.15) is 12.4 Å². The van der Waals surface area contributed by atoms with Crippen LogP contribution in [0.15, 0.2) is 29.3 Å². The molecule has 22 heavy (non-hydrogen) atoms. The van der Waals surface area contributed by atoms with Crippen molar-refractivity contribution in [3.63, 3.8) is 0 Å². The van der Waals surface area contributed by atoms with Gasteiger partial charge in [-0.15, -0.1) is 0 Å². The molecule has 0 saturated carbocycles. The number of aryl methyl sites for hydroxylation is 1. The summed E-state index contributed by atoms with van der Waals surface area (Å²) in [5.41, 5.74) is 2.14. The lowest BCUT2D eigenvalue weighted by Gasteiger charge is -2.10. The summed E-state index contributed by atoms with van der Waals surface area (Å²) >= 11 is 0. The highest BCUT2D eigenvalue weighted by Gasteiger charge is 2.06. The van der Waals surface area contributed by atoms with Gasteiger partial charge in [0.2, 0.25) is 0 Å². The van der Waals surface area contributed by atoms with Gasteiger partial charge in [-0.1, -0.05) is 12.1 Å². The fourth-order valence-electron chi connectivity index (χ4n) is 2.25. The normalized spacial score (nSPS) is 11.9. The molecule has 2 N–H and O–H groups in total. The molecule has 0 aliphatic rings. The van der Waals surface area contributed by atoms with Crippen LogP contribution in [0.1, 0.15) is 19.2 Å². The van der Waals surface area contributed by atoms with Gasteiger partial charge in [-0.2, -0.15) is 0 Å². The SMILES string of the molecule is CCNC(=NCc1nc2ccccc2n1C)NCCCOC. The van der Waals surface area contributed by atoms with Crippen molar-refractivity contribution in [2.75, 3.05) is 26.8 Å². The number of fused-ring (bicyclic) bond motifs is 1. The number of benzene rings is 1. The summed E-state index contributed by atoms with van der Waals surface area (Å²) in [4.78, 5) is 9.24. The molecule has 1 aromatic heterocycles. The smallest absolute Gasteiger partial charge is 0.191 e. The molecule has 0 fully saturated rings. The zero-order valence-electron chi connectivity index (χ0n) is 13.6. The van der Waals surface area contributed by atoms with E-state index in [9.17, 15) is 0 Å². The zero-order valence-corrected chi connectivity index (χ0v) is 13.6. The largest absolute Gasteiger partial charge is 0.385 e. The Morgan fingerprint density at radius 2 is 2.14 bits per heavy atom. The van der Waals surface area contributed by atoms with Gasteiger partial charge in [0.05, 0.1) is 11.0 Å². The highest BCUT2D eigenvalue weighted by molar-refractivity contribution is 5.80. The van der Waals surface area contributed by atoms with E-state index in [0.717, 1.165) is 48.9 Å². The molecule has 0 spiro atoms. The van der Waals surface area contributed by atoms with Crippen LogP contribution in [0.25, 0.3) is 11.0 Å². The van der Waals surface area contributed by atoms with Crippen LogP contribution in [0.3, 0.4) is 0 Å². The molecule has 6 heteroatoms. The van der Waals surface area contributed by atoms with Crippen molar-refractivity contribution >= 4 is 17.0 Å². The summed E-state index contributed by atoms with van der Waals surface area (Å²) in [6.45, 7) is 5.02. The Bertz CT molecular complexity index is 620. The van der Waals surface area contributed by atoms with E-state index in [2.05, 4.69) is 38.2 Å². The molecule has 0 unspecified atom stereocenters. The average Bonchev–Trinajstić information content (AvgIpc) is 2.86. The molecule has 0 bridgehead atoms. The Balaban J connectivity index is 2.03. The van der Waals surface area contributed by atoms with Crippen LogP contribution in [0.5, 0.6) is 0 Å². The second-order valence-electron chi connectivity index (χ2n) is 5.04. The number of nitrogens with zero attached hydrogens (tertiary/aromatic N) is 3. The number of rotatable bonds is 7. The van der Waals surface area contributed by atoms with Crippen LogP contribution >= 0.6 is 0 Å². The molecule has 0 amide bonds. The molecule has 2 rings (SSSR count). The van der Waals surface area contributed by atoms with Gasteiger partial charge >= 0.3 is 0 Å². The lowest BCUT2D eigenvalue weighted by Crippen LogP contribution is -2.38. The number of methoxy groups -OCH3 is 1. The number of hydrogen-bond acceptors (Lipinski definition) is 3. The van der Waals surface area contributed by atoms with Crippen LogP contribution in [-0.4, -0.2) is 42.3 Å². The molecule has 1 aromatic carbocycles. The van der Waals surface area contributed by atoms with E-state index >= 15 is 0 Å².